The molecule has 0 aromatic heterocycles. The Labute approximate surface area is 106 Å². The van der Waals surface area contributed by atoms with Gasteiger partial charge in [-0.15, -0.1) is 6.58 Å². The number of benzene rings is 1. The van der Waals surface area contributed by atoms with E-state index >= 15 is 0 Å². The second-order valence-electron chi connectivity index (χ2n) is 3.94. The number of carbonyl (C=O) groups is 2. The number of aliphatic carboxylic acids is 1. The smallest absolute Gasteiger partial charge is 0.307 e. The molecule has 4 heteroatoms. The molecule has 0 fully saturated rings. The van der Waals surface area contributed by atoms with Crippen LogP contribution in [0, 0.1) is 0 Å². The summed E-state index contributed by atoms with van der Waals surface area (Å²) in [5.41, 5.74) is 1.57. The van der Waals surface area contributed by atoms with Crippen molar-refractivity contribution in [2.75, 3.05) is 0 Å². The van der Waals surface area contributed by atoms with Crippen molar-refractivity contribution in [3.63, 3.8) is 0 Å². The van der Waals surface area contributed by atoms with Crippen LogP contribution in [0.3, 0.4) is 0 Å². The van der Waals surface area contributed by atoms with Crippen molar-refractivity contribution in [3.05, 3.63) is 48.0 Å². The molecule has 96 valence electrons. The standard InChI is InChI=1S/C14H17NO3/c1-2-3-8-13(16)15-10-12-7-5-4-6-11(12)9-14(17)18/h2,4-7H,1,3,8-10H2,(H,15,16)(H,17,18). The highest BCUT2D eigenvalue weighted by atomic mass is 16.4. The van der Waals surface area contributed by atoms with Crippen LogP contribution in [0.4, 0.5) is 0 Å². The Hall–Kier alpha value is -2.10. The summed E-state index contributed by atoms with van der Waals surface area (Å²) >= 11 is 0. The van der Waals surface area contributed by atoms with Gasteiger partial charge in [0.2, 0.25) is 5.91 Å². The molecule has 1 aromatic rings. The molecule has 0 aliphatic carbocycles. The van der Waals surface area contributed by atoms with Crippen LogP contribution in [0.15, 0.2) is 36.9 Å². The molecule has 1 rings (SSSR count). The molecule has 1 aromatic carbocycles. The van der Waals surface area contributed by atoms with Crippen molar-refractivity contribution in [2.45, 2.75) is 25.8 Å². The van der Waals surface area contributed by atoms with Crippen LogP contribution in [0.5, 0.6) is 0 Å². The zero-order valence-electron chi connectivity index (χ0n) is 10.2. The topological polar surface area (TPSA) is 66.4 Å². The molecule has 2 N–H and O–H groups in total. The minimum Gasteiger partial charge on any atom is -0.481 e. The Bertz CT molecular complexity index is 440. The van der Waals surface area contributed by atoms with Gasteiger partial charge in [-0.1, -0.05) is 30.3 Å². The second-order valence-corrected chi connectivity index (χ2v) is 3.94. The van der Waals surface area contributed by atoms with Crippen LogP contribution in [-0.4, -0.2) is 17.0 Å². The first-order chi connectivity index (χ1) is 8.63. The maximum atomic E-state index is 11.4. The summed E-state index contributed by atoms with van der Waals surface area (Å²) < 4.78 is 0. The summed E-state index contributed by atoms with van der Waals surface area (Å²) in [5, 5.41) is 11.6. The minimum atomic E-state index is -0.875. The van der Waals surface area contributed by atoms with Gasteiger partial charge in [-0.3, -0.25) is 9.59 Å². The lowest BCUT2D eigenvalue weighted by Gasteiger charge is -2.09. The maximum absolute atomic E-state index is 11.4. The first-order valence-corrected chi connectivity index (χ1v) is 5.79. The normalized spacial score (nSPS) is 9.78. The third-order valence-corrected chi connectivity index (χ3v) is 2.51. The average Bonchev–Trinajstić information content (AvgIpc) is 2.34. The number of carboxylic acid groups (broad SMARTS) is 1. The summed E-state index contributed by atoms with van der Waals surface area (Å²) in [7, 11) is 0. The number of carboxylic acids is 1. The molecule has 0 unspecified atom stereocenters. The van der Waals surface area contributed by atoms with E-state index in [1.807, 2.05) is 12.1 Å². The van der Waals surface area contributed by atoms with Gasteiger partial charge < -0.3 is 10.4 Å². The molecule has 0 aliphatic rings. The maximum Gasteiger partial charge on any atom is 0.307 e. The van der Waals surface area contributed by atoms with E-state index in [9.17, 15) is 9.59 Å². The Morgan fingerprint density at radius 2 is 1.94 bits per heavy atom. The summed E-state index contributed by atoms with van der Waals surface area (Å²) in [6.07, 6.45) is 2.71. The van der Waals surface area contributed by atoms with Gasteiger partial charge in [-0.05, 0) is 17.5 Å². The number of nitrogens with one attached hydrogen (secondary N) is 1. The fourth-order valence-electron chi connectivity index (χ4n) is 1.58. The van der Waals surface area contributed by atoms with E-state index in [-0.39, 0.29) is 12.3 Å². The third-order valence-electron chi connectivity index (χ3n) is 2.51. The van der Waals surface area contributed by atoms with Crippen molar-refractivity contribution >= 4 is 11.9 Å². The largest absolute Gasteiger partial charge is 0.481 e. The van der Waals surface area contributed by atoms with Crippen molar-refractivity contribution in [3.8, 4) is 0 Å². The number of hydrogen-bond acceptors (Lipinski definition) is 2. The molecule has 4 nitrogen and oxygen atoms in total. The van der Waals surface area contributed by atoms with E-state index in [1.54, 1.807) is 18.2 Å². The Morgan fingerprint density at radius 3 is 2.56 bits per heavy atom. The highest BCUT2D eigenvalue weighted by molar-refractivity contribution is 5.76. The van der Waals surface area contributed by atoms with Crippen molar-refractivity contribution < 1.29 is 14.7 Å². The molecule has 1 amide bonds. The molecular formula is C14H17NO3. The second kappa shape index (κ2) is 7.27. The highest BCUT2D eigenvalue weighted by Crippen LogP contribution is 2.09. The lowest BCUT2D eigenvalue weighted by atomic mass is 10.0. The van der Waals surface area contributed by atoms with Gasteiger partial charge in [-0.2, -0.15) is 0 Å². The van der Waals surface area contributed by atoms with Gasteiger partial charge in [0, 0.05) is 13.0 Å². The summed E-state index contributed by atoms with van der Waals surface area (Å²) in [4.78, 5) is 22.1. The molecule has 0 atom stereocenters. The van der Waals surface area contributed by atoms with E-state index < -0.39 is 5.97 Å². The minimum absolute atomic E-state index is 0.0291. The molecular weight excluding hydrogens is 230 g/mol. The number of amides is 1. The van der Waals surface area contributed by atoms with Gasteiger partial charge in [0.15, 0.2) is 0 Å². The number of carbonyl (C=O) groups excluding carboxylic acids is 1. The summed E-state index contributed by atoms with van der Waals surface area (Å²) in [6, 6.07) is 7.21. The molecule has 0 spiro atoms. The molecule has 0 radical (unpaired) electrons. The predicted molar refractivity (Wildman–Crippen MR) is 69.1 cm³/mol. The lowest BCUT2D eigenvalue weighted by molar-refractivity contribution is -0.136. The van der Waals surface area contributed by atoms with Crippen LogP contribution < -0.4 is 5.32 Å². The van der Waals surface area contributed by atoms with Gasteiger partial charge in [-0.25, -0.2) is 0 Å². The van der Waals surface area contributed by atoms with Crippen LogP contribution in [0.25, 0.3) is 0 Å². The van der Waals surface area contributed by atoms with E-state index in [1.165, 1.54) is 0 Å². The van der Waals surface area contributed by atoms with E-state index in [0.717, 1.165) is 11.1 Å². The monoisotopic (exact) mass is 247 g/mol. The average molecular weight is 247 g/mol. The molecule has 0 bridgehead atoms. The molecule has 0 saturated heterocycles. The first kappa shape index (κ1) is 14.0. The number of hydrogen-bond donors (Lipinski definition) is 2. The van der Waals surface area contributed by atoms with Crippen LogP contribution in [0.2, 0.25) is 0 Å². The molecule has 0 aliphatic heterocycles. The molecule has 0 saturated carbocycles. The van der Waals surface area contributed by atoms with Gasteiger partial charge in [0.1, 0.15) is 0 Å². The molecule has 0 heterocycles. The van der Waals surface area contributed by atoms with Crippen molar-refractivity contribution in [1.82, 2.24) is 5.32 Å². The number of allylic oxidation sites excluding steroid dienone is 1. The van der Waals surface area contributed by atoms with Gasteiger partial charge in [0.25, 0.3) is 0 Å². The number of rotatable bonds is 7. The van der Waals surface area contributed by atoms with Gasteiger partial charge >= 0.3 is 5.97 Å². The fraction of sp³-hybridized carbons (Fsp3) is 0.286. The predicted octanol–water partition coefficient (Wildman–Crippen LogP) is 1.90. The third kappa shape index (κ3) is 4.82. The highest BCUT2D eigenvalue weighted by Gasteiger charge is 2.07. The van der Waals surface area contributed by atoms with Gasteiger partial charge in [0.05, 0.1) is 6.42 Å². The van der Waals surface area contributed by atoms with E-state index in [4.69, 9.17) is 5.11 Å². The lowest BCUT2D eigenvalue weighted by Crippen LogP contribution is -2.23. The fourth-order valence-corrected chi connectivity index (χ4v) is 1.58. The SMILES string of the molecule is C=CCCC(=O)NCc1ccccc1CC(=O)O. The Balaban J connectivity index is 2.58. The quantitative estimate of drug-likeness (QED) is 0.723. The van der Waals surface area contributed by atoms with Crippen molar-refractivity contribution in [2.24, 2.45) is 0 Å². The first-order valence-electron chi connectivity index (χ1n) is 5.79. The van der Waals surface area contributed by atoms with Crippen LogP contribution >= 0.6 is 0 Å². The zero-order valence-corrected chi connectivity index (χ0v) is 10.2. The van der Waals surface area contributed by atoms with Crippen LogP contribution in [0.1, 0.15) is 24.0 Å². The zero-order chi connectivity index (χ0) is 13.4. The van der Waals surface area contributed by atoms with E-state index in [0.29, 0.717) is 19.4 Å². The van der Waals surface area contributed by atoms with E-state index in [2.05, 4.69) is 11.9 Å². The van der Waals surface area contributed by atoms with Crippen molar-refractivity contribution in [1.29, 1.82) is 0 Å². The molecule has 18 heavy (non-hydrogen) atoms. The Kier molecular flexibility index (Phi) is 5.64. The summed E-state index contributed by atoms with van der Waals surface area (Å²) in [5.74, 6) is -0.930. The summed E-state index contributed by atoms with van der Waals surface area (Å²) in [6.45, 7) is 3.91. The Morgan fingerprint density at radius 1 is 1.28 bits per heavy atom. The van der Waals surface area contributed by atoms with Crippen LogP contribution in [-0.2, 0) is 22.6 Å².